The number of rotatable bonds is 6. The van der Waals surface area contributed by atoms with E-state index >= 15 is 0 Å². The van der Waals surface area contributed by atoms with Crippen molar-refractivity contribution >= 4 is 17.3 Å². The van der Waals surface area contributed by atoms with Crippen LogP contribution < -0.4 is 14.4 Å². The number of aliphatic carboxylic acids is 1. The summed E-state index contributed by atoms with van der Waals surface area (Å²) >= 11 is 0. The van der Waals surface area contributed by atoms with Gasteiger partial charge in [-0.3, -0.25) is 0 Å². The summed E-state index contributed by atoms with van der Waals surface area (Å²) < 4.78 is 22.9. The van der Waals surface area contributed by atoms with Gasteiger partial charge in [-0.2, -0.15) is 0 Å². The van der Waals surface area contributed by atoms with Crippen LogP contribution in [0.4, 0.5) is 11.4 Å². The fourth-order valence-electron chi connectivity index (χ4n) is 4.04. The molecule has 0 bridgehead atoms. The van der Waals surface area contributed by atoms with Crippen LogP contribution in [-0.2, 0) is 14.3 Å². The maximum atomic E-state index is 11.2. The van der Waals surface area contributed by atoms with E-state index in [9.17, 15) is 9.90 Å². The van der Waals surface area contributed by atoms with E-state index in [0.29, 0.717) is 26.4 Å². The molecule has 1 N–H and O–H groups in total. The van der Waals surface area contributed by atoms with Crippen LogP contribution in [-0.4, -0.2) is 43.2 Å². The standard InChI is InChI=1S/C26H25NO6/c1-26(25(28)29)31-16-19(17-32-26)18-10-12-20(13-11-18)30-15-14-27-21-6-2-4-8-23(21)33-24-9-5-3-7-22(24)27/h2-13,19H,14-17H2,1H3,(H,28,29). The van der Waals surface area contributed by atoms with Gasteiger partial charge in [0.15, 0.2) is 11.5 Å². The van der Waals surface area contributed by atoms with Gasteiger partial charge in [-0.15, -0.1) is 0 Å². The molecule has 3 aromatic rings. The second-order valence-electron chi connectivity index (χ2n) is 8.18. The van der Waals surface area contributed by atoms with E-state index in [1.165, 1.54) is 6.92 Å². The number of ether oxygens (including phenoxy) is 4. The van der Waals surface area contributed by atoms with Crippen molar-refractivity contribution in [1.29, 1.82) is 0 Å². The van der Waals surface area contributed by atoms with E-state index in [2.05, 4.69) is 4.90 Å². The molecule has 0 unspecified atom stereocenters. The van der Waals surface area contributed by atoms with E-state index in [-0.39, 0.29) is 5.92 Å². The van der Waals surface area contributed by atoms with Gasteiger partial charge in [0, 0.05) is 12.8 Å². The van der Waals surface area contributed by atoms with Gasteiger partial charge in [0.2, 0.25) is 0 Å². The molecule has 33 heavy (non-hydrogen) atoms. The number of carboxylic acids is 1. The van der Waals surface area contributed by atoms with Gasteiger partial charge in [-0.25, -0.2) is 4.79 Å². The van der Waals surface area contributed by atoms with Crippen molar-refractivity contribution in [1.82, 2.24) is 0 Å². The lowest BCUT2D eigenvalue weighted by Crippen LogP contribution is -2.47. The number of benzene rings is 3. The number of anilines is 2. The number of hydrogen-bond acceptors (Lipinski definition) is 6. The fourth-order valence-corrected chi connectivity index (χ4v) is 4.04. The molecular weight excluding hydrogens is 422 g/mol. The maximum absolute atomic E-state index is 11.2. The lowest BCUT2D eigenvalue weighted by molar-refractivity contribution is -0.262. The molecule has 0 atom stereocenters. The number of carbonyl (C=O) groups is 1. The normalized spacial score (nSPS) is 21.5. The number of hydrogen-bond donors (Lipinski definition) is 1. The Balaban J connectivity index is 1.21. The molecule has 1 fully saturated rings. The van der Waals surface area contributed by atoms with Crippen LogP contribution in [0.2, 0.25) is 0 Å². The third kappa shape index (κ3) is 4.25. The maximum Gasteiger partial charge on any atom is 0.364 e. The first kappa shape index (κ1) is 21.3. The summed E-state index contributed by atoms with van der Waals surface area (Å²) in [5.74, 6) is -0.284. The molecule has 1 saturated heterocycles. The summed E-state index contributed by atoms with van der Waals surface area (Å²) in [5.41, 5.74) is 3.05. The SMILES string of the molecule is CC1(C(=O)O)OCC(c2ccc(OCCN3c4ccccc4Oc4ccccc43)cc2)CO1. The zero-order chi connectivity index (χ0) is 22.8. The molecule has 0 radical (unpaired) electrons. The fraction of sp³-hybridized carbons (Fsp3) is 0.269. The minimum atomic E-state index is -1.57. The molecule has 2 heterocycles. The highest BCUT2D eigenvalue weighted by Crippen LogP contribution is 2.45. The van der Waals surface area contributed by atoms with Crippen LogP contribution >= 0.6 is 0 Å². The van der Waals surface area contributed by atoms with E-state index in [1.54, 1.807) is 0 Å². The molecule has 0 saturated carbocycles. The average molecular weight is 447 g/mol. The van der Waals surface area contributed by atoms with Crippen LogP contribution in [0.25, 0.3) is 0 Å². The van der Waals surface area contributed by atoms with Crippen molar-refractivity contribution in [2.45, 2.75) is 18.6 Å². The van der Waals surface area contributed by atoms with E-state index in [1.807, 2.05) is 72.8 Å². The van der Waals surface area contributed by atoms with E-state index in [0.717, 1.165) is 34.2 Å². The number of carboxylic acid groups (broad SMARTS) is 1. The van der Waals surface area contributed by atoms with Crippen LogP contribution in [0.15, 0.2) is 72.8 Å². The average Bonchev–Trinajstić information content (AvgIpc) is 2.84. The minimum absolute atomic E-state index is 0.0205. The molecule has 5 rings (SSSR count). The molecule has 0 aromatic heterocycles. The van der Waals surface area contributed by atoms with Crippen LogP contribution in [0.3, 0.4) is 0 Å². The smallest absolute Gasteiger partial charge is 0.364 e. The van der Waals surface area contributed by atoms with Crippen molar-refractivity contribution in [3.63, 3.8) is 0 Å². The Labute approximate surface area is 192 Å². The van der Waals surface area contributed by atoms with Crippen molar-refractivity contribution in [2.24, 2.45) is 0 Å². The summed E-state index contributed by atoms with van der Waals surface area (Å²) in [6.45, 7) is 3.16. The lowest BCUT2D eigenvalue weighted by Gasteiger charge is -2.34. The molecule has 0 amide bonds. The molecule has 7 heteroatoms. The first-order chi connectivity index (χ1) is 16.0. The molecule has 0 spiro atoms. The van der Waals surface area contributed by atoms with E-state index in [4.69, 9.17) is 18.9 Å². The molecule has 170 valence electrons. The second-order valence-corrected chi connectivity index (χ2v) is 8.18. The Bertz CT molecular complexity index is 1090. The zero-order valence-electron chi connectivity index (χ0n) is 18.3. The highest BCUT2D eigenvalue weighted by atomic mass is 16.7. The Morgan fingerprint density at radius 1 is 0.970 bits per heavy atom. The summed E-state index contributed by atoms with van der Waals surface area (Å²) in [6, 6.07) is 23.7. The molecule has 0 aliphatic carbocycles. The highest BCUT2D eigenvalue weighted by Gasteiger charge is 2.40. The van der Waals surface area contributed by atoms with Crippen LogP contribution in [0, 0.1) is 0 Å². The third-order valence-electron chi connectivity index (χ3n) is 5.98. The molecule has 7 nitrogen and oxygen atoms in total. The minimum Gasteiger partial charge on any atom is -0.492 e. The van der Waals surface area contributed by atoms with Gasteiger partial charge in [0.25, 0.3) is 5.79 Å². The summed E-state index contributed by atoms with van der Waals surface area (Å²) in [5, 5.41) is 9.20. The summed E-state index contributed by atoms with van der Waals surface area (Å²) in [7, 11) is 0. The Hall–Kier alpha value is -3.55. The summed E-state index contributed by atoms with van der Waals surface area (Å²) in [4.78, 5) is 13.4. The predicted octanol–water partition coefficient (Wildman–Crippen LogP) is 4.94. The Kier molecular flexibility index (Phi) is 5.66. The largest absolute Gasteiger partial charge is 0.492 e. The van der Waals surface area contributed by atoms with Crippen molar-refractivity contribution in [3.8, 4) is 17.2 Å². The van der Waals surface area contributed by atoms with Gasteiger partial charge in [-0.05, 0) is 42.0 Å². The first-order valence-corrected chi connectivity index (χ1v) is 10.9. The van der Waals surface area contributed by atoms with Crippen molar-refractivity contribution in [3.05, 3.63) is 78.4 Å². The van der Waals surface area contributed by atoms with Gasteiger partial charge >= 0.3 is 5.97 Å². The Morgan fingerprint density at radius 3 is 2.12 bits per heavy atom. The predicted molar refractivity (Wildman–Crippen MR) is 123 cm³/mol. The molecule has 3 aromatic carbocycles. The van der Waals surface area contributed by atoms with Crippen LogP contribution in [0.5, 0.6) is 17.2 Å². The topological polar surface area (TPSA) is 77.5 Å². The van der Waals surface area contributed by atoms with E-state index < -0.39 is 11.8 Å². The Morgan fingerprint density at radius 2 is 1.55 bits per heavy atom. The first-order valence-electron chi connectivity index (χ1n) is 10.9. The number of para-hydroxylation sites is 4. The zero-order valence-corrected chi connectivity index (χ0v) is 18.3. The molecule has 2 aliphatic rings. The molecule has 2 aliphatic heterocycles. The van der Waals surface area contributed by atoms with Gasteiger partial charge < -0.3 is 29.0 Å². The number of fused-ring (bicyclic) bond motifs is 2. The second kappa shape index (κ2) is 8.77. The van der Waals surface area contributed by atoms with Gasteiger partial charge in [0.1, 0.15) is 12.4 Å². The van der Waals surface area contributed by atoms with Crippen molar-refractivity contribution in [2.75, 3.05) is 31.3 Å². The van der Waals surface area contributed by atoms with Crippen molar-refractivity contribution < 1.29 is 28.8 Å². The molecular formula is C26H25NO6. The van der Waals surface area contributed by atoms with Gasteiger partial charge in [-0.1, -0.05) is 36.4 Å². The quantitative estimate of drug-likeness (QED) is 0.573. The van der Waals surface area contributed by atoms with Gasteiger partial charge in [0.05, 0.1) is 31.1 Å². The third-order valence-corrected chi connectivity index (χ3v) is 5.98. The summed E-state index contributed by atoms with van der Waals surface area (Å²) in [6.07, 6.45) is 0. The van der Waals surface area contributed by atoms with Crippen LogP contribution in [0.1, 0.15) is 18.4 Å². The highest BCUT2D eigenvalue weighted by molar-refractivity contribution is 5.77. The lowest BCUT2D eigenvalue weighted by atomic mass is 9.99. The number of nitrogens with zero attached hydrogens (tertiary/aromatic N) is 1. The monoisotopic (exact) mass is 447 g/mol.